The van der Waals surface area contributed by atoms with Crippen molar-refractivity contribution in [3.63, 3.8) is 0 Å². The zero-order chi connectivity index (χ0) is 21.6. The fourth-order valence-corrected chi connectivity index (χ4v) is 4.84. The Bertz CT molecular complexity index is 797. The molecule has 29 heavy (non-hydrogen) atoms. The van der Waals surface area contributed by atoms with Crippen LogP contribution in [-0.4, -0.2) is 62.8 Å². The lowest BCUT2D eigenvalue weighted by Gasteiger charge is -2.29. The van der Waals surface area contributed by atoms with Crippen LogP contribution in [0.3, 0.4) is 0 Å². The molecule has 0 spiro atoms. The lowest BCUT2D eigenvalue weighted by atomic mass is 10.0. The number of benzene rings is 1. The maximum absolute atomic E-state index is 12.9. The Balaban J connectivity index is 2.13. The van der Waals surface area contributed by atoms with Crippen LogP contribution in [-0.2, 0) is 19.6 Å². The second-order valence-corrected chi connectivity index (χ2v) is 10.0. The maximum Gasteiger partial charge on any atom is 0.307 e. The summed E-state index contributed by atoms with van der Waals surface area (Å²) < 4.78 is 31.9. The van der Waals surface area contributed by atoms with Crippen LogP contribution in [0.4, 0.5) is 0 Å². The molecular weight excluding hydrogens is 392 g/mol. The van der Waals surface area contributed by atoms with Crippen molar-refractivity contribution in [2.45, 2.75) is 44.9 Å². The Kier molecular flexibility index (Phi) is 8.22. The molecule has 7 nitrogen and oxygen atoms in total. The quantitative estimate of drug-likeness (QED) is 0.599. The van der Waals surface area contributed by atoms with Gasteiger partial charge in [0.15, 0.2) is 0 Å². The first-order chi connectivity index (χ1) is 13.6. The van der Waals surface area contributed by atoms with Crippen molar-refractivity contribution < 1.29 is 22.7 Å². The third kappa shape index (κ3) is 6.27. The molecule has 0 radical (unpaired) electrons. The van der Waals surface area contributed by atoms with Crippen LogP contribution < -0.4 is 0 Å². The van der Waals surface area contributed by atoms with Gasteiger partial charge in [-0.15, -0.1) is 0 Å². The summed E-state index contributed by atoms with van der Waals surface area (Å²) in [6.45, 7) is 7.94. The smallest absolute Gasteiger partial charge is 0.307 e. The lowest BCUT2D eigenvalue weighted by Crippen LogP contribution is -2.38. The van der Waals surface area contributed by atoms with Gasteiger partial charge >= 0.3 is 5.97 Å². The summed E-state index contributed by atoms with van der Waals surface area (Å²) in [6.07, 6.45) is 1.84. The molecule has 1 fully saturated rings. The Morgan fingerprint density at radius 3 is 2.28 bits per heavy atom. The van der Waals surface area contributed by atoms with Gasteiger partial charge < -0.3 is 9.64 Å². The summed E-state index contributed by atoms with van der Waals surface area (Å²) >= 11 is 0. The number of amides is 1. The van der Waals surface area contributed by atoms with Crippen LogP contribution in [0.5, 0.6) is 0 Å². The van der Waals surface area contributed by atoms with Crippen LogP contribution in [0, 0.1) is 11.8 Å². The van der Waals surface area contributed by atoms with Crippen LogP contribution in [0.2, 0.25) is 0 Å². The number of methoxy groups -OCH3 is 1. The first-order valence-corrected chi connectivity index (χ1v) is 11.6. The minimum absolute atomic E-state index is 0.120. The molecule has 2 rings (SSSR count). The average molecular weight is 425 g/mol. The molecule has 162 valence electrons. The third-order valence-corrected chi connectivity index (χ3v) is 7.08. The van der Waals surface area contributed by atoms with Gasteiger partial charge in [-0.25, -0.2) is 8.42 Å². The first kappa shape index (κ1) is 23.3. The predicted octanol–water partition coefficient (Wildman–Crippen LogP) is 2.77. The summed E-state index contributed by atoms with van der Waals surface area (Å²) in [5.41, 5.74) is 0.404. The summed E-state index contributed by atoms with van der Waals surface area (Å²) in [6, 6.07) is 6.09. The van der Waals surface area contributed by atoms with Gasteiger partial charge in [0.1, 0.15) is 0 Å². The molecule has 0 saturated carbocycles. The summed E-state index contributed by atoms with van der Waals surface area (Å²) in [7, 11) is -2.23. The van der Waals surface area contributed by atoms with E-state index in [1.807, 2.05) is 13.8 Å². The summed E-state index contributed by atoms with van der Waals surface area (Å²) in [5, 5.41) is 0. The zero-order valence-electron chi connectivity index (χ0n) is 17.8. The molecule has 1 heterocycles. The molecule has 0 N–H and O–H groups in total. The van der Waals surface area contributed by atoms with E-state index in [9.17, 15) is 18.0 Å². The fourth-order valence-electron chi connectivity index (χ4n) is 3.37. The number of ether oxygens (including phenoxy) is 1. The van der Waals surface area contributed by atoms with Gasteiger partial charge in [-0.3, -0.25) is 9.59 Å². The van der Waals surface area contributed by atoms with E-state index in [1.54, 1.807) is 17.0 Å². The molecule has 0 unspecified atom stereocenters. The SMILES string of the molecule is COC(=O)CCN(CC(C)C)C(=O)c1ccc(S(=O)(=O)N2CCC(C)CC2)cc1. The van der Waals surface area contributed by atoms with E-state index in [-0.39, 0.29) is 35.7 Å². The molecule has 1 aliphatic rings. The molecule has 0 aliphatic carbocycles. The van der Waals surface area contributed by atoms with E-state index in [1.165, 1.54) is 23.5 Å². The van der Waals surface area contributed by atoms with Gasteiger partial charge in [0.2, 0.25) is 10.0 Å². The van der Waals surface area contributed by atoms with Crippen molar-refractivity contribution in [2.24, 2.45) is 11.8 Å². The number of rotatable bonds is 8. The van der Waals surface area contributed by atoms with Crippen molar-refractivity contribution in [2.75, 3.05) is 33.3 Å². The van der Waals surface area contributed by atoms with E-state index in [0.717, 1.165) is 12.8 Å². The fraction of sp³-hybridized carbons (Fsp3) is 0.619. The predicted molar refractivity (Wildman–Crippen MR) is 111 cm³/mol. The first-order valence-electron chi connectivity index (χ1n) is 10.1. The molecule has 1 aliphatic heterocycles. The second kappa shape index (κ2) is 10.2. The third-order valence-electron chi connectivity index (χ3n) is 5.17. The van der Waals surface area contributed by atoms with E-state index in [2.05, 4.69) is 11.7 Å². The van der Waals surface area contributed by atoms with Gasteiger partial charge in [-0.05, 0) is 48.9 Å². The Hall–Kier alpha value is -1.93. The lowest BCUT2D eigenvalue weighted by molar-refractivity contribution is -0.140. The number of hydrogen-bond acceptors (Lipinski definition) is 5. The maximum atomic E-state index is 12.9. The Morgan fingerprint density at radius 1 is 1.17 bits per heavy atom. The van der Waals surface area contributed by atoms with Gasteiger partial charge in [0, 0.05) is 31.7 Å². The van der Waals surface area contributed by atoms with Crippen LogP contribution in [0.1, 0.15) is 50.4 Å². The molecule has 8 heteroatoms. The number of nitrogens with zero attached hydrogens (tertiary/aromatic N) is 2. The summed E-state index contributed by atoms with van der Waals surface area (Å²) in [4.78, 5) is 26.2. The Labute approximate surface area is 174 Å². The van der Waals surface area contributed by atoms with Gasteiger partial charge in [-0.2, -0.15) is 4.31 Å². The highest BCUT2D eigenvalue weighted by Crippen LogP contribution is 2.24. The number of piperidine rings is 1. The van der Waals surface area contributed by atoms with E-state index in [0.29, 0.717) is 31.1 Å². The standard InChI is InChI=1S/C21H32N2O5S/c1-16(2)15-22(12-11-20(24)28-4)21(25)18-5-7-19(8-6-18)29(26,27)23-13-9-17(3)10-14-23/h5-8,16-17H,9-15H2,1-4H3. The van der Waals surface area contributed by atoms with E-state index < -0.39 is 10.0 Å². The minimum atomic E-state index is -3.54. The van der Waals surface area contributed by atoms with Crippen molar-refractivity contribution >= 4 is 21.9 Å². The van der Waals surface area contributed by atoms with Crippen molar-refractivity contribution in [1.29, 1.82) is 0 Å². The molecule has 0 bridgehead atoms. The average Bonchev–Trinajstić information content (AvgIpc) is 2.70. The van der Waals surface area contributed by atoms with Gasteiger partial charge in [-0.1, -0.05) is 20.8 Å². The van der Waals surface area contributed by atoms with E-state index >= 15 is 0 Å². The normalized spacial score (nSPS) is 16.0. The van der Waals surface area contributed by atoms with Crippen LogP contribution >= 0.6 is 0 Å². The van der Waals surface area contributed by atoms with Crippen molar-refractivity contribution in [3.8, 4) is 0 Å². The number of sulfonamides is 1. The van der Waals surface area contributed by atoms with E-state index in [4.69, 9.17) is 0 Å². The molecular formula is C21H32N2O5S. The van der Waals surface area contributed by atoms with Gasteiger partial charge in [0.05, 0.1) is 18.4 Å². The van der Waals surface area contributed by atoms with Crippen molar-refractivity contribution in [1.82, 2.24) is 9.21 Å². The monoisotopic (exact) mass is 424 g/mol. The highest BCUT2D eigenvalue weighted by molar-refractivity contribution is 7.89. The molecule has 1 aromatic carbocycles. The molecule has 0 aromatic heterocycles. The molecule has 1 aromatic rings. The molecule has 0 atom stereocenters. The van der Waals surface area contributed by atoms with Crippen molar-refractivity contribution in [3.05, 3.63) is 29.8 Å². The topological polar surface area (TPSA) is 84.0 Å². The summed E-state index contributed by atoms with van der Waals surface area (Å²) in [5.74, 6) is 0.179. The number of carbonyl (C=O) groups is 2. The largest absolute Gasteiger partial charge is 0.469 e. The van der Waals surface area contributed by atoms with Crippen LogP contribution in [0.15, 0.2) is 29.2 Å². The number of hydrogen-bond donors (Lipinski definition) is 0. The highest BCUT2D eigenvalue weighted by atomic mass is 32.2. The molecule has 1 amide bonds. The van der Waals surface area contributed by atoms with Gasteiger partial charge in [0.25, 0.3) is 5.91 Å². The second-order valence-electron chi connectivity index (χ2n) is 8.08. The zero-order valence-corrected chi connectivity index (χ0v) is 18.6. The number of esters is 1. The van der Waals surface area contributed by atoms with Crippen LogP contribution in [0.25, 0.3) is 0 Å². The number of carbonyl (C=O) groups excluding carboxylic acids is 2. The Morgan fingerprint density at radius 2 is 1.76 bits per heavy atom. The molecule has 1 saturated heterocycles. The highest BCUT2D eigenvalue weighted by Gasteiger charge is 2.28. The minimum Gasteiger partial charge on any atom is -0.469 e.